The molecule has 1 saturated heterocycles. The SMILES string of the molecule is COC(=O)N1c2ccc3c(nc(COC4CCOCC4)n3[C@H]3CC[C@H](C(=O)O)CC3)c2CC[C@@H]1C. The molecule has 2 aliphatic heterocycles. The summed E-state index contributed by atoms with van der Waals surface area (Å²) in [5.41, 5.74) is 3.87. The molecular formula is C26H35N3O6. The first-order valence-corrected chi connectivity index (χ1v) is 12.8. The summed E-state index contributed by atoms with van der Waals surface area (Å²) in [5, 5.41) is 9.46. The lowest BCUT2D eigenvalue weighted by atomic mass is 9.86. The van der Waals surface area contributed by atoms with E-state index in [9.17, 15) is 14.7 Å². The lowest BCUT2D eigenvalue weighted by Crippen LogP contribution is -2.42. The summed E-state index contributed by atoms with van der Waals surface area (Å²) >= 11 is 0. The van der Waals surface area contributed by atoms with E-state index in [0.717, 1.165) is 79.8 Å². The van der Waals surface area contributed by atoms with Crippen LogP contribution in [0.25, 0.3) is 11.0 Å². The highest BCUT2D eigenvalue weighted by Crippen LogP contribution is 2.40. The van der Waals surface area contributed by atoms with Gasteiger partial charge in [0.1, 0.15) is 12.4 Å². The first-order valence-electron chi connectivity index (χ1n) is 12.8. The van der Waals surface area contributed by atoms with Gasteiger partial charge in [-0.1, -0.05) is 0 Å². The fourth-order valence-corrected chi connectivity index (χ4v) is 5.95. The van der Waals surface area contributed by atoms with Crippen LogP contribution in [0.1, 0.15) is 69.3 Å². The number of rotatable bonds is 5. The van der Waals surface area contributed by atoms with Crippen molar-refractivity contribution in [2.75, 3.05) is 25.2 Å². The minimum Gasteiger partial charge on any atom is -0.481 e. The van der Waals surface area contributed by atoms with Crippen molar-refractivity contribution in [1.82, 2.24) is 9.55 Å². The van der Waals surface area contributed by atoms with Gasteiger partial charge in [0.2, 0.25) is 0 Å². The summed E-state index contributed by atoms with van der Waals surface area (Å²) in [6, 6.07) is 4.29. The number of nitrogens with zero attached hydrogens (tertiary/aromatic N) is 3. The van der Waals surface area contributed by atoms with Crippen LogP contribution in [0.3, 0.4) is 0 Å². The summed E-state index contributed by atoms with van der Waals surface area (Å²) in [4.78, 5) is 30.9. The molecule has 5 rings (SSSR count). The largest absolute Gasteiger partial charge is 0.481 e. The normalized spacial score (nSPS) is 25.4. The smallest absolute Gasteiger partial charge is 0.414 e. The molecule has 1 aliphatic carbocycles. The van der Waals surface area contributed by atoms with Crippen molar-refractivity contribution in [2.24, 2.45) is 5.92 Å². The van der Waals surface area contributed by atoms with Crippen molar-refractivity contribution in [1.29, 1.82) is 0 Å². The van der Waals surface area contributed by atoms with E-state index in [4.69, 9.17) is 19.2 Å². The number of methoxy groups -OCH3 is 1. The van der Waals surface area contributed by atoms with Crippen molar-refractivity contribution in [3.63, 3.8) is 0 Å². The monoisotopic (exact) mass is 485 g/mol. The Balaban J connectivity index is 1.52. The maximum Gasteiger partial charge on any atom is 0.414 e. The molecule has 3 aliphatic rings. The van der Waals surface area contributed by atoms with Gasteiger partial charge in [0.25, 0.3) is 0 Å². The maximum absolute atomic E-state index is 12.6. The van der Waals surface area contributed by atoms with Gasteiger partial charge in [-0.25, -0.2) is 9.78 Å². The fraction of sp³-hybridized carbons (Fsp3) is 0.654. The van der Waals surface area contributed by atoms with Gasteiger partial charge in [0, 0.05) is 30.9 Å². The van der Waals surface area contributed by atoms with E-state index in [-0.39, 0.29) is 30.2 Å². The van der Waals surface area contributed by atoms with Gasteiger partial charge >= 0.3 is 12.1 Å². The standard InChI is InChI=1S/C26H35N3O6/c1-16-3-8-20-21(28(16)26(32)33-2)9-10-22-24(20)27-23(15-35-19-11-13-34-14-12-19)29(22)18-6-4-17(5-7-18)25(30)31/h9-10,16-19H,3-8,11-15H2,1-2H3,(H,30,31)/t16-,17-,18-/m0/s1. The topological polar surface area (TPSA) is 103 Å². The number of fused-ring (bicyclic) bond motifs is 3. The predicted molar refractivity (Wildman–Crippen MR) is 130 cm³/mol. The van der Waals surface area contributed by atoms with E-state index in [1.165, 1.54) is 7.11 Å². The van der Waals surface area contributed by atoms with Crippen LogP contribution in [0.15, 0.2) is 12.1 Å². The molecule has 0 spiro atoms. The molecule has 2 fully saturated rings. The second-order valence-corrected chi connectivity index (χ2v) is 10.0. The summed E-state index contributed by atoms with van der Waals surface area (Å²) in [6.07, 6.45) is 6.17. The highest BCUT2D eigenvalue weighted by atomic mass is 16.5. The number of hydrogen-bond donors (Lipinski definition) is 1. The number of anilines is 1. The van der Waals surface area contributed by atoms with Crippen LogP contribution in [-0.2, 0) is 32.0 Å². The molecule has 9 nitrogen and oxygen atoms in total. The second kappa shape index (κ2) is 10.1. The predicted octanol–water partition coefficient (Wildman–Crippen LogP) is 4.46. The zero-order valence-electron chi connectivity index (χ0n) is 20.6. The fourth-order valence-electron chi connectivity index (χ4n) is 5.95. The lowest BCUT2D eigenvalue weighted by molar-refractivity contribution is -0.143. The van der Waals surface area contributed by atoms with Crippen molar-refractivity contribution < 1.29 is 28.9 Å². The Hall–Kier alpha value is -2.65. The van der Waals surface area contributed by atoms with Crippen LogP contribution in [0, 0.1) is 5.92 Å². The van der Waals surface area contributed by atoms with Gasteiger partial charge in [0.05, 0.1) is 35.9 Å². The molecule has 0 unspecified atom stereocenters. The van der Waals surface area contributed by atoms with E-state index in [2.05, 4.69) is 10.6 Å². The molecule has 1 atom stereocenters. The number of aliphatic carboxylic acids is 1. The van der Waals surface area contributed by atoms with Crippen molar-refractivity contribution in [3.8, 4) is 0 Å². The maximum atomic E-state index is 12.6. The van der Waals surface area contributed by atoms with Gasteiger partial charge in [-0.2, -0.15) is 0 Å². The minimum absolute atomic E-state index is 0.0529. The van der Waals surface area contributed by atoms with Crippen LogP contribution in [0.4, 0.5) is 10.5 Å². The third-order valence-corrected chi connectivity index (χ3v) is 7.93. The molecule has 1 aromatic carbocycles. The molecule has 190 valence electrons. The molecule has 35 heavy (non-hydrogen) atoms. The zero-order valence-corrected chi connectivity index (χ0v) is 20.6. The Bertz CT molecular complexity index is 1080. The molecule has 1 amide bonds. The van der Waals surface area contributed by atoms with Crippen LogP contribution in [0.2, 0.25) is 0 Å². The Kier molecular flexibility index (Phi) is 6.98. The van der Waals surface area contributed by atoms with E-state index in [1.54, 1.807) is 4.90 Å². The summed E-state index contributed by atoms with van der Waals surface area (Å²) in [5.74, 6) is -0.0964. The molecule has 3 heterocycles. The van der Waals surface area contributed by atoms with Crippen LogP contribution in [0.5, 0.6) is 0 Å². The second-order valence-electron chi connectivity index (χ2n) is 10.0. The number of imidazole rings is 1. The van der Waals surface area contributed by atoms with Gasteiger partial charge in [-0.15, -0.1) is 0 Å². The molecule has 1 aromatic heterocycles. The molecule has 0 radical (unpaired) electrons. The number of benzene rings is 1. The number of carboxylic acids is 1. The van der Waals surface area contributed by atoms with E-state index >= 15 is 0 Å². The molecule has 0 bridgehead atoms. The molecule has 9 heteroatoms. The van der Waals surface area contributed by atoms with Gasteiger partial charge in [-0.3, -0.25) is 9.69 Å². The number of aryl methyl sites for hydroxylation is 1. The summed E-state index contributed by atoms with van der Waals surface area (Å²) < 4.78 is 19.1. The Morgan fingerprint density at radius 2 is 1.86 bits per heavy atom. The minimum atomic E-state index is -0.701. The van der Waals surface area contributed by atoms with Crippen molar-refractivity contribution >= 4 is 28.8 Å². The number of ether oxygens (including phenoxy) is 3. The quantitative estimate of drug-likeness (QED) is 0.667. The highest BCUT2D eigenvalue weighted by molar-refractivity contribution is 5.95. The Morgan fingerprint density at radius 3 is 2.54 bits per heavy atom. The highest BCUT2D eigenvalue weighted by Gasteiger charge is 2.34. The Labute approximate surface area is 205 Å². The Morgan fingerprint density at radius 1 is 1.11 bits per heavy atom. The van der Waals surface area contributed by atoms with Crippen molar-refractivity contribution in [3.05, 3.63) is 23.5 Å². The van der Waals surface area contributed by atoms with E-state index in [1.807, 2.05) is 13.0 Å². The molecular weight excluding hydrogens is 450 g/mol. The average molecular weight is 486 g/mol. The third-order valence-electron chi connectivity index (χ3n) is 7.93. The average Bonchev–Trinajstić information content (AvgIpc) is 3.26. The number of carboxylic acid groups (broad SMARTS) is 1. The lowest BCUT2D eigenvalue weighted by Gasteiger charge is -2.34. The first kappa shape index (κ1) is 24.1. The molecule has 1 saturated carbocycles. The third kappa shape index (κ3) is 4.63. The van der Waals surface area contributed by atoms with E-state index in [0.29, 0.717) is 19.4 Å². The number of amides is 1. The number of aromatic nitrogens is 2. The van der Waals surface area contributed by atoms with Gasteiger partial charge in [0.15, 0.2) is 0 Å². The van der Waals surface area contributed by atoms with Gasteiger partial charge in [-0.05, 0) is 70.4 Å². The number of carbonyl (C=O) groups excluding carboxylic acids is 1. The molecule has 1 N–H and O–H groups in total. The van der Waals surface area contributed by atoms with Crippen molar-refractivity contribution in [2.45, 2.75) is 83.1 Å². The summed E-state index contributed by atoms with van der Waals surface area (Å²) in [7, 11) is 1.41. The molecule has 2 aromatic rings. The summed E-state index contributed by atoms with van der Waals surface area (Å²) in [6.45, 7) is 3.88. The van der Waals surface area contributed by atoms with Gasteiger partial charge < -0.3 is 23.9 Å². The van der Waals surface area contributed by atoms with E-state index < -0.39 is 5.97 Å². The van der Waals surface area contributed by atoms with Crippen LogP contribution >= 0.6 is 0 Å². The van der Waals surface area contributed by atoms with Crippen LogP contribution < -0.4 is 4.90 Å². The van der Waals surface area contributed by atoms with Crippen LogP contribution in [-0.4, -0.2) is 59.2 Å². The number of carbonyl (C=O) groups is 2. The first-order chi connectivity index (χ1) is 17.0. The number of hydrogen-bond acceptors (Lipinski definition) is 6. The zero-order chi connectivity index (χ0) is 24.5.